The van der Waals surface area contributed by atoms with Crippen LogP contribution in [-0.2, 0) is 25.1 Å². The molecule has 0 bridgehead atoms. The Morgan fingerprint density at radius 1 is 1.00 bits per heavy atom. The third kappa shape index (κ3) is 7.87. The lowest BCUT2D eigenvalue weighted by Gasteiger charge is -2.30. The molecule has 0 spiro atoms. The first-order valence-corrected chi connectivity index (χ1v) is 9.43. The smallest absolute Gasteiger partial charge is 0.328 e. The van der Waals surface area contributed by atoms with E-state index in [0.29, 0.717) is 13.2 Å². The summed E-state index contributed by atoms with van der Waals surface area (Å²) >= 11 is 0. The molecule has 1 rings (SSSR count). The quantitative estimate of drug-likeness (QED) is 0.280. The minimum Gasteiger partial charge on any atom is -0.478 e. The zero-order valence-corrected chi connectivity index (χ0v) is 18.2. The number of allylic oxidation sites excluding steroid dienone is 2. The minimum absolute atomic E-state index is 0.136. The van der Waals surface area contributed by atoms with E-state index in [0.717, 1.165) is 28.5 Å². The van der Waals surface area contributed by atoms with Crippen molar-refractivity contribution in [1.82, 2.24) is 0 Å². The molecule has 0 saturated heterocycles. The van der Waals surface area contributed by atoms with Gasteiger partial charge in [-0.3, -0.25) is 0 Å². The van der Waals surface area contributed by atoms with E-state index in [-0.39, 0.29) is 17.6 Å². The second-order valence-corrected chi connectivity index (χ2v) is 8.66. The zero-order chi connectivity index (χ0) is 21.4. The summed E-state index contributed by atoms with van der Waals surface area (Å²) in [5.41, 5.74) is 2.89. The molecule has 0 heterocycles. The van der Waals surface area contributed by atoms with Gasteiger partial charge in [-0.1, -0.05) is 59.8 Å². The van der Waals surface area contributed by atoms with Gasteiger partial charge in [-0.05, 0) is 28.5 Å². The fourth-order valence-corrected chi connectivity index (χ4v) is 2.62. The Morgan fingerprint density at radius 2 is 1.57 bits per heavy atom. The average Bonchev–Trinajstić information content (AvgIpc) is 2.56. The van der Waals surface area contributed by atoms with Crippen molar-refractivity contribution in [1.29, 1.82) is 0 Å². The van der Waals surface area contributed by atoms with Crippen LogP contribution < -0.4 is 4.74 Å². The molecule has 5 heteroatoms. The lowest BCUT2D eigenvalue weighted by Crippen LogP contribution is -2.21. The number of methoxy groups -OCH3 is 1. The molecule has 0 saturated carbocycles. The summed E-state index contributed by atoms with van der Waals surface area (Å²) in [5, 5.41) is 8.73. The highest BCUT2D eigenvalue weighted by Gasteiger charge is 2.27. The molecule has 0 aromatic heterocycles. The molecule has 0 fully saturated rings. The Hall–Kier alpha value is -2.11. The van der Waals surface area contributed by atoms with Gasteiger partial charge in [0.1, 0.15) is 5.75 Å². The van der Waals surface area contributed by atoms with Crippen LogP contribution in [0.1, 0.15) is 58.2 Å². The molecule has 0 atom stereocenters. The van der Waals surface area contributed by atoms with Crippen molar-refractivity contribution < 1.29 is 24.1 Å². The number of aliphatic carboxylic acids is 1. The van der Waals surface area contributed by atoms with Gasteiger partial charge < -0.3 is 19.3 Å². The van der Waals surface area contributed by atoms with E-state index < -0.39 is 5.97 Å². The van der Waals surface area contributed by atoms with Crippen LogP contribution in [0.15, 0.2) is 30.4 Å². The Kier molecular flexibility index (Phi) is 8.92. The van der Waals surface area contributed by atoms with Gasteiger partial charge in [0.25, 0.3) is 0 Å². The van der Waals surface area contributed by atoms with Crippen LogP contribution in [0.2, 0.25) is 0 Å². The first kappa shape index (κ1) is 23.9. The third-order valence-electron chi connectivity index (χ3n) is 4.08. The van der Waals surface area contributed by atoms with Crippen LogP contribution in [0.3, 0.4) is 0 Å². The van der Waals surface area contributed by atoms with Crippen molar-refractivity contribution in [3.8, 4) is 5.75 Å². The second-order valence-electron chi connectivity index (χ2n) is 8.66. The highest BCUT2D eigenvalue weighted by Crippen LogP contribution is 2.41. The van der Waals surface area contributed by atoms with Crippen molar-refractivity contribution in [3.63, 3.8) is 0 Å². The third-order valence-corrected chi connectivity index (χ3v) is 4.08. The van der Waals surface area contributed by atoms with E-state index >= 15 is 0 Å². The molecule has 1 N–H and O–H groups in total. The number of carboxylic acids is 1. The molecule has 28 heavy (non-hydrogen) atoms. The maximum Gasteiger partial charge on any atom is 0.328 e. The van der Waals surface area contributed by atoms with Crippen molar-refractivity contribution in [2.75, 3.05) is 27.1 Å². The molecule has 0 aliphatic heterocycles. The standard InChI is InChI=1S/C23H34O5/c1-22(2,3)18-14-17(10-8-9-11-20(24)25)15-19(23(4,5)6)21(18)28-16-27-13-12-26-7/h8-11,14-15H,12-13,16H2,1-7H3,(H,24,25)/b10-8+,11-9+. The largest absolute Gasteiger partial charge is 0.478 e. The van der Waals surface area contributed by atoms with E-state index in [1.807, 2.05) is 6.08 Å². The van der Waals surface area contributed by atoms with Crippen LogP contribution >= 0.6 is 0 Å². The summed E-state index contributed by atoms with van der Waals surface area (Å²) in [6.45, 7) is 14.0. The monoisotopic (exact) mass is 390 g/mol. The van der Waals surface area contributed by atoms with Crippen molar-refractivity contribution in [2.45, 2.75) is 52.4 Å². The minimum atomic E-state index is -0.965. The first-order chi connectivity index (χ1) is 13.0. The zero-order valence-electron chi connectivity index (χ0n) is 18.2. The molecule has 1 aromatic rings. The molecule has 0 aliphatic rings. The molecule has 0 aliphatic carbocycles. The van der Waals surface area contributed by atoms with E-state index in [2.05, 4.69) is 53.7 Å². The topological polar surface area (TPSA) is 65.0 Å². The van der Waals surface area contributed by atoms with E-state index in [1.165, 1.54) is 6.08 Å². The average molecular weight is 391 g/mol. The summed E-state index contributed by atoms with van der Waals surface area (Å²) in [6.07, 6.45) is 6.27. The van der Waals surface area contributed by atoms with Crippen molar-refractivity contribution in [2.24, 2.45) is 0 Å². The van der Waals surface area contributed by atoms with Crippen LogP contribution in [-0.4, -0.2) is 38.2 Å². The highest BCUT2D eigenvalue weighted by atomic mass is 16.7. The van der Waals surface area contributed by atoms with E-state index in [1.54, 1.807) is 13.2 Å². The fourth-order valence-electron chi connectivity index (χ4n) is 2.62. The number of ether oxygens (including phenoxy) is 3. The Balaban J connectivity index is 3.32. The van der Waals surface area contributed by atoms with Crippen molar-refractivity contribution in [3.05, 3.63) is 47.1 Å². The Labute approximate surface area is 169 Å². The van der Waals surface area contributed by atoms with Gasteiger partial charge in [0.2, 0.25) is 0 Å². The van der Waals surface area contributed by atoms with Crippen LogP contribution in [0, 0.1) is 0 Å². The highest BCUT2D eigenvalue weighted by molar-refractivity contribution is 5.80. The number of hydrogen-bond acceptors (Lipinski definition) is 4. The second kappa shape index (κ2) is 10.4. The van der Waals surface area contributed by atoms with Gasteiger partial charge in [-0.2, -0.15) is 0 Å². The molecular formula is C23H34O5. The van der Waals surface area contributed by atoms with Crippen molar-refractivity contribution >= 4 is 12.0 Å². The predicted molar refractivity (Wildman–Crippen MR) is 113 cm³/mol. The van der Waals surface area contributed by atoms with Gasteiger partial charge in [0.15, 0.2) is 6.79 Å². The molecular weight excluding hydrogens is 356 g/mol. The summed E-state index contributed by atoms with van der Waals surface area (Å²) in [5.74, 6) is -0.122. The number of carbonyl (C=O) groups is 1. The molecule has 0 radical (unpaired) electrons. The lowest BCUT2D eigenvalue weighted by atomic mass is 9.78. The molecule has 0 unspecified atom stereocenters. The maximum atomic E-state index is 10.6. The predicted octanol–water partition coefficient (Wildman–Crippen LogP) is 4.93. The van der Waals surface area contributed by atoms with Crippen LogP contribution in [0.25, 0.3) is 6.08 Å². The molecule has 1 aromatic carbocycles. The fraction of sp³-hybridized carbons (Fsp3) is 0.522. The summed E-state index contributed by atoms with van der Waals surface area (Å²) < 4.78 is 16.6. The van der Waals surface area contributed by atoms with Gasteiger partial charge in [-0.25, -0.2) is 4.79 Å². The number of rotatable bonds is 9. The van der Waals surface area contributed by atoms with Crippen LogP contribution in [0.4, 0.5) is 0 Å². The van der Waals surface area contributed by atoms with Gasteiger partial charge in [-0.15, -0.1) is 0 Å². The van der Waals surface area contributed by atoms with E-state index in [9.17, 15) is 4.79 Å². The summed E-state index contributed by atoms with van der Waals surface area (Å²) in [7, 11) is 1.64. The normalized spacial score (nSPS) is 12.8. The maximum absolute atomic E-state index is 10.6. The Bertz CT molecular complexity index is 668. The van der Waals surface area contributed by atoms with Gasteiger partial charge in [0.05, 0.1) is 13.2 Å². The van der Waals surface area contributed by atoms with Gasteiger partial charge >= 0.3 is 5.97 Å². The lowest BCUT2D eigenvalue weighted by molar-refractivity contribution is -0.131. The summed E-state index contributed by atoms with van der Waals surface area (Å²) in [4.78, 5) is 10.6. The molecule has 0 amide bonds. The SMILES string of the molecule is COCCOCOc1c(C(C)(C)C)cc(/C=C/C=C/C(=O)O)cc1C(C)(C)C. The van der Waals surface area contributed by atoms with Gasteiger partial charge in [0, 0.05) is 24.3 Å². The summed E-state index contributed by atoms with van der Waals surface area (Å²) in [6, 6.07) is 4.18. The Morgan fingerprint density at radius 3 is 2.04 bits per heavy atom. The van der Waals surface area contributed by atoms with Crippen LogP contribution in [0.5, 0.6) is 5.75 Å². The molecule has 5 nitrogen and oxygen atoms in total. The first-order valence-electron chi connectivity index (χ1n) is 9.43. The number of hydrogen-bond donors (Lipinski definition) is 1. The van der Waals surface area contributed by atoms with E-state index in [4.69, 9.17) is 19.3 Å². The number of benzene rings is 1. The molecule has 156 valence electrons. The number of carboxylic acid groups (broad SMARTS) is 1.